The summed E-state index contributed by atoms with van der Waals surface area (Å²) in [7, 11) is -3.41. The number of nitrogens with one attached hydrogen (secondary N) is 2. The molecule has 0 unspecified atom stereocenters. The molecule has 0 bridgehead atoms. The molecule has 7 nitrogen and oxygen atoms in total. The maximum absolute atomic E-state index is 12.4. The summed E-state index contributed by atoms with van der Waals surface area (Å²) in [5.41, 5.74) is 1.59. The molecule has 1 aromatic carbocycles. The van der Waals surface area contributed by atoms with Gasteiger partial charge in [0.15, 0.2) is 0 Å². The molecule has 1 aromatic rings. The number of rotatable bonds is 7. The van der Waals surface area contributed by atoms with E-state index in [1.807, 2.05) is 0 Å². The second-order valence-electron chi connectivity index (χ2n) is 6.43. The maximum atomic E-state index is 12.4. The molecule has 1 saturated carbocycles. The number of amides is 1. The molecule has 138 valence electrons. The van der Waals surface area contributed by atoms with E-state index in [1.54, 1.807) is 32.0 Å². The van der Waals surface area contributed by atoms with E-state index in [1.165, 1.54) is 0 Å². The lowest BCUT2D eigenvalue weighted by Crippen LogP contribution is -2.22. The van der Waals surface area contributed by atoms with Crippen molar-refractivity contribution in [3.63, 3.8) is 0 Å². The molecular formula is C17H24N2O5S. The van der Waals surface area contributed by atoms with E-state index in [0.29, 0.717) is 42.6 Å². The fraction of sp³-hybridized carbons (Fsp3) is 0.529. The fourth-order valence-corrected chi connectivity index (χ4v) is 4.24. The van der Waals surface area contributed by atoms with Gasteiger partial charge in [0.1, 0.15) is 0 Å². The summed E-state index contributed by atoms with van der Waals surface area (Å²) in [5.74, 6) is -1.86. The topological polar surface area (TPSA) is 113 Å². The highest BCUT2D eigenvalue weighted by atomic mass is 32.2. The molecule has 8 heteroatoms. The van der Waals surface area contributed by atoms with Crippen LogP contribution in [0.15, 0.2) is 18.2 Å². The summed E-state index contributed by atoms with van der Waals surface area (Å²) < 4.78 is 26.4. The second-order valence-corrected chi connectivity index (χ2v) is 8.28. The van der Waals surface area contributed by atoms with Gasteiger partial charge in [-0.25, -0.2) is 8.42 Å². The minimum atomic E-state index is -3.41. The molecule has 0 saturated heterocycles. The van der Waals surface area contributed by atoms with Crippen molar-refractivity contribution in [2.75, 3.05) is 15.8 Å². The van der Waals surface area contributed by atoms with Crippen molar-refractivity contribution in [3.05, 3.63) is 23.8 Å². The molecule has 0 heterocycles. The Hall–Kier alpha value is -2.09. The average Bonchev–Trinajstić information content (AvgIpc) is 3.01. The molecular weight excluding hydrogens is 344 g/mol. The first-order valence-electron chi connectivity index (χ1n) is 8.37. The number of aliphatic carboxylic acids is 1. The average molecular weight is 368 g/mol. The smallest absolute Gasteiger partial charge is 0.306 e. The fourth-order valence-electron chi connectivity index (χ4n) is 3.05. The van der Waals surface area contributed by atoms with Gasteiger partial charge in [-0.1, -0.05) is 13.0 Å². The Labute approximate surface area is 147 Å². The number of carbonyl (C=O) groups excluding carboxylic acids is 1. The third kappa shape index (κ3) is 4.94. The number of sulfonamides is 1. The van der Waals surface area contributed by atoms with Crippen molar-refractivity contribution in [1.82, 2.24) is 0 Å². The molecule has 2 rings (SSSR count). The number of carbonyl (C=O) groups is 2. The predicted molar refractivity (Wildman–Crippen MR) is 96.0 cm³/mol. The van der Waals surface area contributed by atoms with E-state index in [2.05, 4.69) is 10.0 Å². The Morgan fingerprint density at radius 2 is 1.84 bits per heavy atom. The zero-order chi connectivity index (χ0) is 18.6. The largest absolute Gasteiger partial charge is 0.481 e. The van der Waals surface area contributed by atoms with Gasteiger partial charge in [-0.15, -0.1) is 0 Å². The third-order valence-electron chi connectivity index (χ3n) is 4.48. The lowest BCUT2D eigenvalue weighted by atomic mass is 10.0. The Bertz CT molecular complexity index is 760. The van der Waals surface area contributed by atoms with Gasteiger partial charge in [0.2, 0.25) is 15.9 Å². The van der Waals surface area contributed by atoms with Crippen LogP contribution in [0.4, 0.5) is 11.4 Å². The minimum Gasteiger partial charge on any atom is -0.481 e. The highest BCUT2D eigenvalue weighted by Crippen LogP contribution is 2.33. The Kier molecular flexibility index (Phi) is 6.05. The number of anilines is 2. The van der Waals surface area contributed by atoms with Crippen LogP contribution < -0.4 is 10.0 Å². The molecule has 25 heavy (non-hydrogen) atoms. The maximum Gasteiger partial charge on any atom is 0.306 e. The van der Waals surface area contributed by atoms with Gasteiger partial charge >= 0.3 is 5.97 Å². The van der Waals surface area contributed by atoms with Crippen molar-refractivity contribution in [3.8, 4) is 0 Å². The van der Waals surface area contributed by atoms with Gasteiger partial charge in [0, 0.05) is 11.6 Å². The van der Waals surface area contributed by atoms with Crippen molar-refractivity contribution >= 4 is 33.3 Å². The zero-order valence-electron chi connectivity index (χ0n) is 14.4. The lowest BCUT2D eigenvalue weighted by molar-refractivity contribution is -0.141. The predicted octanol–water partition coefficient (Wildman–Crippen LogP) is 2.59. The quantitative estimate of drug-likeness (QED) is 0.685. The van der Waals surface area contributed by atoms with Crippen LogP contribution in [0.2, 0.25) is 0 Å². The molecule has 3 N–H and O–H groups in total. The monoisotopic (exact) mass is 368 g/mol. The number of hydrogen-bond acceptors (Lipinski definition) is 4. The van der Waals surface area contributed by atoms with Gasteiger partial charge < -0.3 is 10.4 Å². The van der Waals surface area contributed by atoms with Gasteiger partial charge in [-0.2, -0.15) is 0 Å². The SMILES string of the molecule is CCCS(=O)(=O)Nc1cccc(NC(=O)[C@@H]2CC[C@H](C(=O)O)C2)c1C. The third-order valence-corrected chi connectivity index (χ3v) is 5.96. The van der Waals surface area contributed by atoms with Crippen molar-refractivity contribution in [2.24, 2.45) is 11.8 Å². The van der Waals surface area contributed by atoms with Gasteiger partial charge in [0.25, 0.3) is 0 Å². The molecule has 0 aliphatic heterocycles. The van der Waals surface area contributed by atoms with Crippen LogP contribution in [0.1, 0.15) is 38.2 Å². The van der Waals surface area contributed by atoms with Crippen LogP contribution >= 0.6 is 0 Å². The lowest BCUT2D eigenvalue weighted by Gasteiger charge is -2.16. The van der Waals surface area contributed by atoms with E-state index in [-0.39, 0.29) is 17.6 Å². The van der Waals surface area contributed by atoms with Crippen molar-refractivity contribution in [1.29, 1.82) is 0 Å². The first-order valence-corrected chi connectivity index (χ1v) is 10.0. The molecule has 1 aliphatic carbocycles. The first-order chi connectivity index (χ1) is 11.7. The van der Waals surface area contributed by atoms with Crippen molar-refractivity contribution < 1.29 is 23.1 Å². The van der Waals surface area contributed by atoms with E-state index in [0.717, 1.165) is 0 Å². The van der Waals surface area contributed by atoms with Crippen LogP contribution in [0.5, 0.6) is 0 Å². The molecule has 0 spiro atoms. The number of carboxylic acids is 1. The molecule has 2 atom stereocenters. The Balaban J connectivity index is 2.09. The van der Waals surface area contributed by atoms with Crippen LogP contribution in [-0.4, -0.2) is 31.2 Å². The van der Waals surface area contributed by atoms with Crippen LogP contribution in [0.3, 0.4) is 0 Å². The molecule has 0 aromatic heterocycles. The number of carboxylic acid groups (broad SMARTS) is 1. The van der Waals surface area contributed by atoms with Crippen LogP contribution in [-0.2, 0) is 19.6 Å². The van der Waals surface area contributed by atoms with E-state index >= 15 is 0 Å². The summed E-state index contributed by atoms with van der Waals surface area (Å²) in [5, 5.41) is 11.8. The second kappa shape index (κ2) is 7.86. The summed E-state index contributed by atoms with van der Waals surface area (Å²) >= 11 is 0. The molecule has 1 fully saturated rings. The van der Waals surface area contributed by atoms with Gasteiger partial charge in [-0.05, 0) is 50.3 Å². The van der Waals surface area contributed by atoms with Crippen molar-refractivity contribution in [2.45, 2.75) is 39.5 Å². The standard InChI is InChI=1S/C17H24N2O5S/c1-3-9-25(23,24)19-15-6-4-5-14(11(15)2)18-16(20)12-7-8-13(10-12)17(21)22/h4-6,12-13,19H,3,7-10H2,1-2H3,(H,18,20)(H,21,22)/t12-,13+/m1/s1. The summed E-state index contributed by atoms with van der Waals surface area (Å²) in [6.45, 7) is 3.52. The summed E-state index contributed by atoms with van der Waals surface area (Å²) in [6.07, 6.45) is 1.90. The minimum absolute atomic E-state index is 0.0294. The Morgan fingerprint density at radius 3 is 2.44 bits per heavy atom. The van der Waals surface area contributed by atoms with E-state index in [4.69, 9.17) is 5.11 Å². The van der Waals surface area contributed by atoms with E-state index in [9.17, 15) is 18.0 Å². The molecule has 0 radical (unpaired) electrons. The summed E-state index contributed by atoms with van der Waals surface area (Å²) in [4.78, 5) is 23.4. The Morgan fingerprint density at radius 1 is 1.20 bits per heavy atom. The van der Waals surface area contributed by atoms with E-state index < -0.39 is 21.9 Å². The molecule has 1 aliphatic rings. The number of benzene rings is 1. The van der Waals surface area contributed by atoms with Crippen LogP contribution in [0.25, 0.3) is 0 Å². The highest BCUT2D eigenvalue weighted by molar-refractivity contribution is 7.92. The van der Waals surface area contributed by atoms with Gasteiger partial charge in [-0.3, -0.25) is 14.3 Å². The van der Waals surface area contributed by atoms with Gasteiger partial charge in [0.05, 0.1) is 17.4 Å². The normalized spacial score (nSPS) is 20.2. The first kappa shape index (κ1) is 19.2. The molecule has 1 amide bonds. The van der Waals surface area contributed by atoms with Crippen LogP contribution in [0, 0.1) is 18.8 Å². The number of hydrogen-bond donors (Lipinski definition) is 3. The zero-order valence-corrected chi connectivity index (χ0v) is 15.2. The highest BCUT2D eigenvalue weighted by Gasteiger charge is 2.34. The summed E-state index contributed by atoms with van der Waals surface area (Å²) in [6, 6.07) is 5.02.